The first-order chi connectivity index (χ1) is 19.9. The Morgan fingerprint density at radius 2 is 1.95 bits per heavy atom. The van der Waals surface area contributed by atoms with Crippen molar-refractivity contribution in [3.05, 3.63) is 76.7 Å². The third-order valence-corrected chi connectivity index (χ3v) is 8.91. The molecule has 3 aliphatic rings. The number of benzene rings is 2. The van der Waals surface area contributed by atoms with E-state index in [2.05, 4.69) is 39.5 Å². The number of nitrogens with one attached hydrogen (secondary N) is 1. The van der Waals surface area contributed by atoms with Crippen molar-refractivity contribution in [2.75, 3.05) is 33.3 Å². The highest BCUT2D eigenvalue weighted by molar-refractivity contribution is 5.71. The molecule has 1 saturated carbocycles. The quantitative estimate of drug-likeness (QED) is 0.354. The molecule has 0 spiro atoms. The molecule has 1 aliphatic carbocycles. The molecule has 1 saturated heterocycles. The van der Waals surface area contributed by atoms with Crippen LogP contribution in [0.1, 0.15) is 60.5 Å². The number of hydrogen-bond donors (Lipinski definition) is 2. The number of aryl methyl sites for hydroxylation is 1. The van der Waals surface area contributed by atoms with Crippen LogP contribution < -0.4 is 14.8 Å². The summed E-state index contributed by atoms with van der Waals surface area (Å²) in [4.78, 5) is 18.3. The molecule has 7 nitrogen and oxygen atoms in total. The van der Waals surface area contributed by atoms with E-state index in [0.29, 0.717) is 23.9 Å². The Labute approximate surface area is 240 Å². The van der Waals surface area contributed by atoms with Gasteiger partial charge in [-0.05, 0) is 71.4 Å². The van der Waals surface area contributed by atoms with Crippen LogP contribution in [-0.4, -0.2) is 54.2 Å². The zero-order valence-corrected chi connectivity index (χ0v) is 23.7. The van der Waals surface area contributed by atoms with Crippen LogP contribution in [0.2, 0.25) is 0 Å². The second-order valence-electron chi connectivity index (χ2n) is 11.7. The Morgan fingerprint density at radius 3 is 2.68 bits per heavy atom. The van der Waals surface area contributed by atoms with Gasteiger partial charge in [0, 0.05) is 44.4 Å². The number of aromatic nitrogens is 1. The number of halogens is 1. The standard InChI is InChI=1S/C33H38FN3O4/c1-20(33(38)39)32(22-4-5-22)24-6-3-21-8-10-29(41-30(21)16-24)23-7-9-26(27-17-31(40-2)36-18-28(27)34)25(15-23)19-37-13-11-35-12-14-37/h3,6-7,9,15-18,20,22,29,32,35H,4-5,8,10-14,19H2,1-2H3,(H,38,39)/t20-,29?,32?/m0/s1. The number of methoxy groups -OCH3 is 1. The number of carbonyl (C=O) groups is 1. The van der Waals surface area contributed by atoms with Crippen molar-refractivity contribution in [2.45, 2.75) is 51.2 Å². The van der Waals surface area contributed by atoms with E-state index in [1.807, 2.05) is 19.1 Å². The molecule has 2 aliphatic heterocycles. The molecule has 8 heteroatoms. The Kier molecular flexibility index (Phi) is 7.95. The highest BCUT2D eigenvalue weighted by Gasteiger charge is 2.39. The van der Waals surface area contributed by atoms with Crippen LogP contribution in [0.25, 0.3) is 11.1 Å². The van der Waals surface area contributed by atoms with E-state index in [9.17, 15) is 9.90 Å². The van der Waals surface area contributed by atoms with E-state index in [1.165, 1.54) is 13.3 Å². The first-order valence-corrected chi connectivity index (χ1v) is 14.7. The normalized spacial score (nSPS) is 20.5. The number of piperazine rings is 1. The molecular weight excluding hydrogens is 521 g/mol. The summed E-state index contributed by atoms with van der Waals surface area (Å²) < 4.78 is 27.0. The van der Waals surface area contributed by atoms with Crippen LogP contribution in [0.3, 0.4) is 0 Å². The lowest BCUT2D eigenvalue weighted by molar-refractivity contribution is -0.142. The van der Waals surface area contributed by atoms with Gasteiger partial charge in [0.05, 0.1) is 19.2 Å². The van der Waals surface area contributed by atoms with E-state index in [4.69, 9.17) is 9.47 Å². The van der Waals surface area contributed by atoms with Gasteiger partial charge in [-0.2, -0.15) is 0 Å². The monoisotopic (exact) mass is 559 g/mol. The minimum absolute atomic E-state index is 0.000977. The van der Waals surface area contributed by atoms with Gasteiger partial charge in [-0.1, -0.05) is 37.3 Å². The van der Waals surface area contributed by atoms with Gasteiger partial charge in [-0.25, -0.2) is 9.37 Å². The third-order valence-electron chi connectivity index (χ3n) is 8.91. The predicted molar refractivity (Wildman–Crippen MR) is 155 cm³/mol. The van der Waals surface area contributed by atoms with Crippen LogP contribution in [0, 0.1) is 17.7 Å². The molecule has 3 aromatic rings. The molecule has 3 atom stereocenters. The van der Waals surface area contributed by atoms with E-state index in [-0.39, 0.29) is 17.8 Å². The first kappa shape index (κ1) is 27.7. The zero-order chi connectivity index (χ0) is 28.5. The predicted octanol–water partition coefficient (Wildman–Crippen LogP) is 5.58. The number of carboxylic acid groups (broad SMARTS) is 1. The van der Waals surface area contributed by atoms with Crippen molar-refractivity contribution >= 4 is 5.97 Å². The molecule has 0 radical (unpaired) electrons. The highest BCUT2D eigenvalue weighted by atomic mass is 19.1. The maximum Gasteiger partial charge on any atom is 0.306 e. The van der Waals surface area contributed by atoms with Gasteiger partial charge in [-0.3, -0.25) is 9.69 Å². The zero-order valence-electron chi connectivity index (χ0n) is 23.7. The summed E-state index contributed by atoms with van der Waals surface area (Å²) in [6.45, 7) is 6.24. The van der Waals surface area contributed by atoms with E-state index >= 15 is 4.39 Å². The molecule has 1 aromatic heterocycles. The highest BCUT2D eigenvalue weighted by Crippen LogP contribution is 2.48. The number of hydrogen-bond acceptors (Lipinski definition) is 6. The Hall–Kier alpha value is -3.49. The fourth-order valence-electron chi connectivity index (χ4n) is 6.46. The van der Waals surface area contributed by atoms with E-state index in [0.717, 1.165) is 85.4 Å². The van der Waals surface area contributed by atoms with Gasteiger partial charge >= 0.3 is 5.97 Å². The topological polar surface area (TPSA) is 83.9 Å². The fraction of sp³-hybridized carbons (Fsp3) is 0.455. The van der Waals surface area contributed by atoms with E-state index in [1.54, 1.807) is 6.07 Å². The lowest BCUT2D eigenvalue weighted by Crippen LogP contribution is -2.43. The lowest BCUT2D eigenvalue weighted by Gasteiger charge is -2.30. The maximum absolute atomic E-state index is 15.0. The van der Waals surface area contributed by atoms with Crippen molar-refractivity contribution in [2.24, 2.45) is 11.8 Å². The average molecular weight is 560 g/mol. The Morgan fingerprint density at radius 1 is 1.15 bits per heavy atom. The van der Waals surface area contributed by atoms with Crippen molar-refractivity contribution in [1.29, 1.82) is 0 Å². The van der Waals surface area contributed by atoms with Gasteiger partial charge < -0.3 is 19.9 Å². The van der Waals surface area contributed by atoms with Gasteiger partial charge in [0.15, 0.2) is 0 Å². The number of aliphatic carboxylic acids is 1. The number of pyridine rings is 1. The largest absolute Gasteiger partial charge is 0.485 e. The third kappa shape index (κ3) is 5.95. The Balaban J connectivity index is 1.31. The van der Waals surface area contributed by atoms with Crippen molar-refractivity contribution < 1.29 is 23.8 Å². The average Bonchev–Trinajstić information content (AvgIpc) is 3.83. The molecule has 3 heterocycles. The fourth-order valence-corrected chi connectivity index (χ4v) is 6.46. The molecule has 41 heavy (non-hydrogen) atoms. The van der Waals surface area contributed by atoms with Crippen LogP contribution in [-0.2, 0) is 17.8 Å². The van der Waals surface area contributed by atoms with Crippen LogP contribution >= 0.6 is 0 Å². The van der Waals surface area contributed by atoms with Gasteiger partial charge in [0.2, 0.25) is 5.88 Å². The molecule has 2 N–H and O–H groups in total. The molecule has 2 aromatic carbocycles. The molecular formula is C33H38FN3O4. The summed E-state index contributed by atoms with van der Waals surface area (Å²) in [6.07, 6.45) is 4.96. The SMILES string of the molecule is COc1cc(-c2ccc(C3CCc4ccc(C(C5CC5)[C@H](C)C(=O)O)cc4O3)cc2CN2CCNCC2)c(F)cn1. The van der Waals surface area contributed by atoms with Crippen molar-refractivity contribution in [3.8, 4) is 22.8 Å². The molecule has 0 amide bonds. The van der Waals surface area contributed by atoms with Crippen LogP contribution in [0.4, 0.5) is 4.39 Å². The van der Waals surface area contributed by atoms with Crippen molar-refractivity contribution in [1.82, 2.24) is 15.2 Å². The summed E-state index contributed by atoms with van der Waals surface area (Å²) >= 11 is 0. The second kappa shape index (κ2) is 11.8. The minimum Gasteiger partial charge on any atom is -0.485 e. The number of rotatable bonds is 9. The Bertz CT molecular complexity index is 1420. The summed E-state index contributed by atoms with van der Waals surface area (Å²) in [5, 5.41) is 13.1. The minimum atomic E-state index is -0.751. The van der Waals surface area contributed by atoms with Crippen LogP contribution in [0.15, 0.2) is 48.7 Å². The number of fused-ring (bicyclic) bond motifs is 1. The second-order valence-corrected chi connectivity index (χ2v) is 11.7. The van der Waals surface area contributed by atoms with E-state index < -0.39 is 11.9 Å². The number of nitrogens with zero attached hydrogens (tertiary/aromatic N) is 2. The lowest BCUT2D eigenvalue weighted by atomic mass is 9.82. The van der Waals surface area contributed by atoms with Gasteiger partial charge in [0.1, 0.15) is 17.7 Å². The number of carboxylic acids is 1. The van der Waals surface area contributed by atoms with Gasteiger partial charge in [0.25, 0.3) is 0 Å². The smallest absolute Gasteiger partial charge is 0.306 e. The molecule has 0 bridgehead atoms. The molecule has 2 unspecified atom stereocenters. The van der Waals surface area contributed by atoms with Gasteiger partial charge in [-0.15, -0.1) is 0 Å². The van der Waals surface area contributed by atoms with Crippen LogP contribution in [0.5, 0.6) is 11.6 Å². The maximum atomic E-state index is 15.0. The summed E-state index contributed by atoms with van der Waals surface area (Å²) in [6, 6.07) is 14.2. The first-order valence-electron chi connectivity index (χ1n) is 14.7. The summed E-state index contributed by atoms with van der Waals surface area (Å²) in [7, 11) is 1.54. The van der Waals surface area contributed by atoms with Crippen molar-refractivity contribution in [3.63, 3.8) is 0 Å². The summed E-state index contributed by atoms with van der Waals surface area (Å²) in [5.41, 5.74) is 5.63. The molecule has 6 rings (SSSR count). The number of ether oxygens (including phenoxy) is 2. The molecule has 216 valence electrons. The summed E-state index contributed by atoms with van der Waals surface area (Å²) in [5.74, 6) is 0.0788. The molecule has 2 fully saturated rings.